The Labute approximate surface area is 139 Å². The molecular formula is C20H27NO2. The van der Waals surface area contributed by atoms with Gasteiger partial charge in [-0.3, -0.25) is 4.79 Å². The molecule has 1 aromatic carbocycles. The molecule has 0 bridgehead atoms. The largest absolute Gasteiger partial charge is 0.390 e. The second kappa shape index (κ2) is 6.48. The van der Waals surface area contributed by atoms with Crippen molar-refractivity contribution in [1.82, 2.24) is 4.90 Å². The maximum absolute atomic E-state index is 12.7. The third-order valence-corrected chi connectivity index (χ3v) is 5.13. The predicted molar refractivity (Wildman–Crippen MR) is 92.3 cm³/mol. The number of carbonyl (C=O) groups excluding carboxylic acids is 1. The van der Waals surface area contributed by atoms with Gasteiger partial charge in [-0.25, -0.2) is 0 Å². The van der Waals surface area contributed by atoms with Gasteiger partial charge >= 0.3 is 0 Å². The molecule has 0 radical (unpaired) electrons. The van der Waals surface area contributed by atoms with Gasteiger partial charge in [-0.15, -0.1) is 0 Å². The Morgan fingerprint density at radius 3 is 2.22 bits per heavy atom. The van der Waals surface area contributed by atoms with Crippen LogP contribution < -0.4 is 0 Å². The number of carbonyl (C=O) groups is 1. The highest BCUT2D eigenvalue weighted by Gasteiger charge is 2.35. The average Bonchev–Trinajstić information content (AvgIpc) is 2.96. The van der Waals surface area contributed by atoms with E-state index in [-0.39, 0.29) is 5.91 Å². The van der Waals surface area contributed by atoms with Crippen molar-refractivity contribution < 1.29 is 9.90 Å². The maximum Gasteiger partial charge on any atom is 0.253 e. The van der Waals surface area contributed by atoms with Crippen molar-refractivity contribution >= 4 is 5.91 Å². The second-order valence-corrected chi connectivity index (χ2v) is 7.68. The van der Waals surface area contributed by atoms with Gasteiger partial charge in [0.15, 0.2) is 0 Å². The standard InChI is InChI=1S/C20H27NO2/c1-20(2,23)12-11-15-7-9-16(10-8-15)19(22)21-13-17-5-3-4-6-18(17)14-21/h3-4,7-10,17-18,23H,5-6,11-14H2,1-2H3/t17-,18+. The minimum atomic E-state index is -0.644. The molecule has 2 atom stereocenters. The van der Waals surface area contributed by atoms with Gasteiger partial charge in [0, 0.05) is 18.7 Å². The molecule has 1 amide bonds. The lowest BCUT2D eigenvalue weighted by atomic mass is 9.86. The number of allylic oxidation sites excluding steroid dienone is 2. The van der Waals surface area contributed by atoms with Crippen molar-refractivity contribution in [1.29, 1.82) is 0 Å². The highest BCUT2D eigenvalue weighted by Crippen LogP contribution is 2.33. The molecule has 1 fully saturated rings. The molecule has 1 aliphatic carbocycles. The van der Waals surface area contributed by atoms with Gasteiger partial charge in [0.1, 0.15) is 0 Å². The Hall–Kier alpha value is -1.61. The molecule has 1 aliphatic heterocycles. The van der Waals surface area contributed by atoms with E-state index in [2.05, 4.69) is 12.2 Å². The molecule has 3 rings (SSSR count). The van der Waals surface area contributed by atoms with Crippen molar-refractivity contribution in [2.45, 2.75) is 45.1 Å². The van der Waals surface area contributed by atoms with Gasteiger partial charge in [-0.1, -0.05) is 24.3 Å². The Morgan fingerprint density at radius 1 is 1.13 bits per heavy atom. The molecule has 124 valence electrons. The number of aryl methyl sites for hydroxylation is 1. The van der Waals surface area contributed by atoms with Crippen molar-refractivity contribution in [3.63, 3.8) is 0 Å². The van der Waals surface area contributed by atoms with Crippen LogP contribution in [-0.4, -0.2) is 34.6 Å². The van der Waals surface area contributed by atoms with Gasteiger partial charge in [-0.05, 0) is 69.1 Å². The summed E-state index contributed by atoms with van der Waals surface area (Å²) in [4.78, 5) is 14.7. The normalized spacial score (nSPS) is 23.9. The van der Waals surface area contributed by atoms with Crippen LogP contribution in [0.4, 0.5) is 0 Å². The molecule has 3 nitrogen and oxygen atoms in total. The average molecular weight is 313 g/mol. The quantitative estimate of drug-likeness (QED) is 0.865. The third-order valence-electron chi connectivity index (χ3n) is 5.13. The summed E-state index contributed by atoms with van der Waals surface area (Å²) in [6, 6.07) is 7.90. The summed E-state index contributed by atoms with van der Waals surface area (Å²) in [6.07, 6.45) is 8.30. The highest BCUT2D eigenvalue weighted by molar-refractivity contribution is 5.94. The van der Waals surface area contributed by atoms with Crippen LogP contribution in [0.5, 0.6) is 0 Å². The lowest BCUT2D eigenvalue weighted by Gasteiger charge is -2.18. The Morgan fingerprint density at radius 2 is 1.70 bits per heavy atom. The Bertz CT molecular complexity index is 567. The number of hydrogen-bond donors (Lipinski definition) is 1. The number of hydrogen-bond acceptors (Lipinski definition) is 2. The van der Waals surface area contributed by atoms with Gasteiger partial charge in [0.05, 0.1) is 5.60 Å². The number of fused-ring (bicyclic) bond motifs is 1. The number of nitrogens with zero attached hydrogens (tertiary/aromatic N) is 1. The zero-order chi connectivity index (χ0) is 16.4. The SMILES string of the molecule is CC(C)(O)CCc1ccc(C(=O)N2C[C@H]3CC=CC[C@H]3C2)cc1. The number of amides is 1. The first-order valence-electron chi connectivity index (χ1n) is 8.68. The molecule has 0 aromatic heterocycles. The lowest BCUT2D eigenvalue weighted by molar-refractivity contribution is 0.0712. The van der Waals surface area contributed by atoms with Crippen LogP contribution in [0.2, 0.25) is 0 Å². The lowest BCUT2D eigenvalue weighted by Crippen LogP contribution is -2.29. The van der Waals surface area contributed by atoms with Crippen LogP contribution in [-0.2, 0) is 6.42 Å². The number of aliphatic hydroxyl groups is 1. The molecule has 1 N–H and O–H groups in total. The van der Waals surface area contributed by atoms with Crippen molar-refractivity contribution in [2.24, 2.45) is 11.8 Å². The topological polar surface area (TPSA) is 40.5 Å². The van der Waals surface area contributed by atoms with Crippen LogP contribution in [0.1, 0.15) is 49.0 Å². The molecule has 0 spiro atoms. The minimum Gasteiger partial charge on any atom is -0.390 e. The zero-order valence-corrected chi connectivity index (χ0v) is 14.2. The highest BCUT2D eigenvalue weighted by atomic mass is 16.3. The molecular weight excluding hydrogens is 286 g/mol. The minimum absolute atomic E-state index is 0.161. The van der Waals surface area contributed by atoms with E-state index < -0.39 is 5.60 Å². The van der Waals surface area contributed by atoms with Crippen LogP contribution in [0, 0.1) is 11.8 Å². The fourth-order valence-electron chi connectivity index (χ4n) is 3.63. The molecule has 3 heteroatoms. The molecule has 0 saturated carbocycles. The van der Waals surface area contributed by atoms with E-state index in [1.54, 1.807) is 0 Å². The zero-order valence-electron chi connectivity index (χ0n) is 14.2. The van der Waals surface area contributed by atoms with Crippen LogP contribution in [0.3, 0.4) is 0 Å². The molecule has 1 saturated heterocycles. The van der Waals surface area contributed by atoms with Crippen LogP contribution >= 0.6 is 0 Å². The molecule has 23 heavy (non-hydrogen) atoms. The van der Waals surface area contributed by atoms with E-state index in [1.165, 1.54) is 5.56 Å². The van der Waals surface area contributed by atoms with Gasteiger partial charge in [0.25, 0.3) is 5.91 Å². The molecule has 2 aliphatic rings. The Balaban J connectivity index is 1.60. The van der Waals surface area contributed by atoms with E-state index >= 15 is 0 Å². The predicted octanol–water partition coefficient (Wildman–Crippen LogP) is 3.43. The van der Waals surface area contributed by atoms with E-state index in [9.17, 15) is 9.90 Å². The Kier molecular flexibility index (Phi) is 4.58. The van der Waals surface area contributed by atoms with Gasteiger partial charge in [0.2, 0.25) is 0 Å². The fourth-order valence-corrected chi connectivity index (χ4v) is 3.63. The molecule has 1 heterocycles. The summed E-state index contributed by atoms with van der Waals surface area (Å²) < 4.78 is 0. The number of rotatable bonds is 4. The van der Waals surface area contributed by atoms with E-state index in [0.29, 0.717) is 11.8 Å². The van der Waals surface area contributed by atoms with E-state index in [0.717, 1.165) is 44.3 Å². The summed E-state index contributed by atoms with van der Waals surface area (Å²) in [6.45, 7) is 5.45. The first-order chi connectivity index (χ1) is 10.9. The first-order valence-corrected chi connectivity index (χ1v) is 8.68. The van der Waals surface area contributed by atoms with Crippen LogP contribution in [0.25, 0.3) is 0 Å². The monoisotopic (exact) mass is 313 g/mol. The number of benzene rings is 1. The maximum atomic E-state index is 12.7. The van der Waals surface area contributed by atoms with Crippen molar-refractivity contribution in [2.75, 3.05) is 13.1 Å². The van der Waals surface area contributed by atoms with E-state index in [4.69, 9.17) is 0 Å². The summed E-state index contributed by atoms with van der Waals surface area (Å²) in [7, 11) is 0. The van der Waals surface area contributed by atoms with Gasteiger partial charge in [-0.2, -0.15) is 0 Å². The summed E-state index contributed by atoms with van der Waals surface area (Å²) in [5.41, 5.74) is 1.31. The fraction of sp³-hybridized carbons (Fsp3) is 0.550. The van der Waals surface area contributed by atoms with Crippen LogP contribution in [0.15, 0.2) is 36.4 Å². The summed E-state index contributed by atoms with van der Waals surface area (Å²) >= 11 is 0. The number of likely N-dealkylation sites (tertiary alicyclic amines) is 1. The second-order valence-electron chi connectivity index (χ2n) is 7.68. The third kappa shape index (κ3) is 4.03. The molecule has 1 aromatic rings. The van der Waals surface area contributed by atoms with Crippen molar-refractivity contribution in [3.05, 3.63) is 47.5 Å². The summed E-state index contributed by atoms with van der Waals surface area (Å²) in [5, 5.41) is 9.80. The van der Waals surface area contributed by atoms with E-state index in [1.807, 2.05) is 43.0 Å². The smallest absolute Gasteiger partial charge is 0.253 e. The summed E-state index contributed by atoms with van der Waals surface area (Å²) in [5.74, 6) is 1.46. The molecule has 0 unspecified atom stereocenters. The van der Waals surface area contributed by atoms with Crippen molar-refractivity contribution in [3.8, 4) is 0 Å². The first kappa shape index (κ1) is 16.3. The van der Waals surface area contributed by atoms with Gasteiger partial charge < -0.3 is 10.0 Å².